The number of amides is 1. The molecule has 0 saturated heterocycles. The summed E-state index contributed by atoms with van der Waals surface area (Å²) in [7, 11) is 1.64. The van der Waals surface area contributed by atoms with Crippen LogP contribution in [0.15, 0.2) is 27.8 Å². The van der Waals surface area contributed by atoms with Crippen molar-refractivity contribution in [3.63, 3.8) is 0 Å². The lowest BCUT2D eigenvalue weighted by atomic mass is 10.2. The zero-order chi connectivity index (χ0) is 18.5. The predicted octanol–water partition coefficient (Wildman–Crippen LogP) is 1.53. The van der Waals surface area contributed by atoms with Crippen LogP contribution in [-0.2, 0) is 15.9 Å². The third kappa shape index (κ3) is 11.0. The zero-order valence-corrected chi connectivity index (χ0v) is 15.6. The first kappa shape index (κ1) is 20.8. The van der Waals surface area contributed by atoms with E-state index in [1.165, 1.54) is 0 Å². The Hall–Kier alpha value is -2.22. The van der Waals surface area contributed by atoms with Crippen molar-refractivity contribution >= 4 is 12.1 Å². The van der Waals surface area contributed by atoms with Gasteiger partial charge in [-0.05, 0) is 32.9 Å². The molecule has 0 spiro atoms. The number of furan rings is 1. The van der Waals surface area contributed by atoms with Crippen LogP contribution in [-0.4, -0.2) is 57.5 Å². The van der Waals surface area contributed by atoms with Crippen LogP contribution in [0, 0.1) is 0 Å². The molecule has 0 atom stereocenters. The number of methoxy groups -OCH3 is 1. The molecule has 0 saturated carbocycles. The minimum Gasteiger partial charge on any atom is -0.469 e. The number of carbonyl (C=O) groups excluding carboxylic acids is 1. The molecule has 0 aromatic carbocycles. The molecule has 0 aliphatic rings. The van der Waals surface area contributed by atoms with Crippen LogP contribution < -0.4 is 16.0 Å². The second-order valence-electron chi connectivity index (χ2n) is 6.33. The first-order valence-corrected chi connectivity index (χ1v) is 8.41. The van der Waals surface area contributed by atoms with E-state index in [9.17, 15) is 4.79 Å². The van der Waals surface area contributed by atoms with E-state index in [1.807, 2.05) is 32.9 Å². The van der Waals surface area contributed by atoms with E-state index in [4.69, 9.17) is 13.9 Å². The molecule has 1 aromatic heterocycles. The molecule has 0 unspecified atom stereocenters. The fourth-order valence-corrected chi connectivity index (χ4v) is 1.84. The molecule has 0 fully saturated rings. The Labute approximate surface area is 149 Å². The fourth-order valence-electron chi connectivity index (χ4n) is 1.84. The first-order valence-electron chi connectivity index (χ1n) is 8.41. The summed E-state index contributed by atoms with van der Waals surface area (Å²) in [4.78, 5) is 16.0. The molecule has 8 heteroatoms. The largest absolute Gasteiger partial charge is 0.469 e. The summed E-state index contributed by atoms with van der Waals surface area (Å²) in [6, 6.07) is 3.80. The Morgan fingerprint density at radius 3 is 2.56 bits per heavy atom. The van der Waals surface area contributed by atoms with E-state index in [2.05, 4.69) is 20.9 Å². The van der Waals surface area contributed by atoms with Crippen molar-refractivity contribution in [2.45, 2.75) is 32.8 Å². The van der Waals surface area contributed by atoms with Crippen molar-refractivity contribution in [2.75, 3.05) is 39.9 Å². The highest BCUT2D eigenvalue weighted by atomic mass is 16.6. The quantitative estimate of drug-likeness (QED) is 0.353. The Balaban J connectivity index is 2.30. The van der Waals surface area contributed by atoms with Crippen LogP contribution in [0.4, 0.5) is 4.79 Å². The number of aliphatic imine (C=N–C) groups is 1. The Bertz CT molecular complexity index is 509. The predicted molar refractivity (Wildman–Crippen MR) is 96.8 cm³/mol. The highest BCUT2D eigenvalue weighted by Crippen LogP contribution is 2.05. The monoisotopic (exact) mass is 354 g/mol. The summed E-state index contributed by atoms with van der Waals surface area (Å²) in [5.74, 6) is 1.57. The summed E-state index contributed by atoms with van der Waals surface area (Å²) >= 11 is 0. The normalized spacial score (nSPS) is 11.9. The zero-order valence-electron chi connectivity index (χ0n) is 15.6. The van der Waals surface area contributed by atoms with Crippen LogP contribution in [0.25, 0.3) is 0 Å². The van der Waals surface area contributed by atoms with E-state index in [0.717, 1.165) is 12.2 Å². The number of nitrogens with one attached hydrogen (secondary N) is 3. The summed E-state index contributed by atoms with van der Waals surface area (Å²) < 4.78 is 15.5. The topological polar surface area (TPSA) is 97.1 Å². The van der Waals surface area contributed by atoms with E-state index < -0.39 is 11.7 Å². The average Bonchev–Trinajstić information content (AvgIpc) is 3.02. The van der Waals surface area contributed by atoms with Crippen LogP contribution in [0.5, 0.6) is 0 Å². The molecule has 1 amide bonds. The van der Waals surface area contributed by atoms with Crippen molar-refractivity contribution in [3.05, 3.63) is 24.2 Å². The molecular formula is C17H30N4O4. The minimum absolute atomic E-state index is 0.429. The lowest BCUT2D eigenvalue weighted by molar-refractivity contribution is 0.0529. The molecule has 1 aromatic rings. The van der Waals surface area contributed by atoms with E-state index in [-0.39, 0.29) is 0 Å². The second kappa shape index (κ2) is 11.4. The maximum Gasteiger partial charge on any atom is 0.407 e. The molecule has 0 bridgehead atoms. The van der Waals surface area contributed by atoms with Gasteiger partial charge in [-0.15, -0.1) is 0 Å². The lowest BCUT2D eigenvalue weighted by Gasteiger charge is -2.20. The van der Waals surface area contributed by atoms with Gasteiger partial charge in [-0.1, -0.05) is 0 Å². The molecule has 0 aliphatic carbocycles. The third-order valence-electron chi connectivity index (χ3n) is 2.89. The molecule has 3 N–H and O–H groups in total. The number of carbonyl (C=O) groups is 1. The first-order chi connectivity index (χ1) is 11.9. The van der Waals surface area contributed by atoms with Crippen LogP contribution in [0.3, 0.4) is 0 Å². The number of nitrogens with zero attached hydrogens (tertiary/aromatic N) is 1. The number of hydrogen-bond acceptors (Lipinski definition) is 5. The molecule has 8 nitrogen and oxygen atoms in total. The van der Waals surface area contributed by atoms with Gasteiger partial charge in [0, 0.05) is 33.2 Å². The van der Waals surface area contributed by atoms with Crippen LogP contribution >= 0.6 is 0 Å². The third-order valence-corrected chi connectivity index (χ3v) is 2.89. The average molecular weight is 354 g/mol. The number of rotatable bonds is 9. The molecule has 0 radical (unpaired) electrons. The summed E-state index contributed by atoms with van der Waals surface area (Å²) in [6.07, 6.45) is 1.98. The van der Waals surface area contributed by atoms with Gasteiger partial charge in [0.2, 0.25) is 0 Å². The Morgan fingerprint density at radius 1 is 1.20 bits per heavy atom. The number of ether oxygens (including phenoxy) is 2. The maximum atomic E-state index is 11.6. The molecule has 1 heterocycles. The second-order valence-corrected chi connectivity index (χ2v) is 6.33. The van der Waals surface area contributed by atoms with Gasteiger partial charge in [0.25, 0.3) is 0 Å². The SMILES string of the molecule is COCCN=C(NCCNC(=O)OC(C)(C)C)NCCc1ccco1. The van der Waals surface area contributed by atoms with Crippen molar-refractivity contribution in [1.82, 2.24) is 16.0 Å². The Kier molecular flexibility index (Phi) is 9.46. The molecule has 142 valence electrons. The lowest BCUT2D eigenvalue weighted by Crippen LogP contribution is -2.43. The van der Waals surface area contributed by atoms with Gasteiger partial charge in [0.15, 0.2) is 5.96 Å². The minimum atomic E-state index is -0.502. The summed E-state index contributed by atoms with van der Waals surface area (Å²) in [6.45, 7) is 8.22. The van der Waals surface area contributed by atoms with Crippen LogP contribution in [0.2, 0.25) is 0 Å². The highest BCUT2D eigenvalue weighted by Gasteiger charge is 2.15. The Morgan fingerprint density at radius 2 is 1.92 bits per heavy atom. The van der Waals surface area contributed by atoms with Gasteiger partial charge in [0.05, 0.1) is 19.4 Å². The fraction of sp³-hybridized carbons (Fsp3) is 0.647. The smallest absolute Gasteiger partial charge is 0.407 e. The molecule has 1 rings (SSSR count). The molecular weight excluding hydrogens is 324 g/mol. The molecule has 25 heavy (non-hydrogen) atoms. The standard InChI is InChI=1S/C17H30N4O4/c1-17(2,3)25-16(22)21-10-9-19-15(20-11-13-23-4)18-8-7-14-6-5-12-24-14/h5-6,12H,7-11,13H2,1-4H3,(H,21,22)(H2,18,19,20). The van der Waals surface area contributed by atoms with Crippen molar-refractivity contribution in [1.29, 1.82) is 0 Å². The number of hydrogen-bond donors (Lipinski definition) is 3. The van der Waals surface area contributed by atoms with Crippen LogP contribution in [0.1, 0.15) is 26.5 Å². The van der Waals surface area contributed by atoms with E-state index in [0.29, 0.717) is 38.7 Å². The van der Waals surface area contributed by atoms with Crippen molar-refractivity contribution < 1.29 is 18.7 Å². The van der Waals surface area contributed by atoms with Crippen molar-refractivity contribution in [3.8, 4) is 0 Å². The van der Waals surface area contributed by atoms with Gasteiger partial charge in [-0.3, -0.25) is 4.99 Å². The number of alkyl carbamates (subject to hydrolysis) is 1. The van der Waals surface area contributed by atoms with Gasteiger partial charge < -0.3 is 29.8 Å². The highest BCUT2D eigenvalue weighted by molar-refractivity contribution is 5.79. The molecule has 0 aliphatic heterocycles. The van der Waals surface area contributed by atoms with Gasteiger partial charge in [0.1, 0.15) is 11.4 Å². The van der Waals surface area contributed by atoms with Gasteiger partial charge in [-0.25, -0.2) is 4.79 Å². The maximum absolute atomic E-state index is 11.6. The van der Waals surface area contributed by atoms with Gasteiger partial charge >= 0.3 is 6.09 Å². The van der Waals surface area contributed by atoms with Crippen molar-refractivity contribution in [2.24, 2.45) is 4.99 Å². The number of guanidine groups is 1. The summed E-state index contributed by atoms with van der Waals surface area (Å²) in [5.41, 5.74) is -0.502. The van der Waals surface area contributed by atoms with E-state index in [1.54, 1.807) is 13.4 Å². The summed E-state index contributed by atoms with van der Waals surface area (Å²) in [5, 5.41) is 9.08. The van der Waals surface area contributed by atoms with E-state index >= 15 is 0 Å². The van der Waals surface area contributed by atoms with Gasteiger partial charge in [-0.2, -0.15) is 0 Å².